The summed E-state index contributed by atoms with van der Waals surface area (Å²) in [6, 6.07) is 10.9. The zero-order valence-corrected chi connectivity index (χ0v) is 18.3. The number of carbonyl (C=O) groups excluding carboxylic acids is 1. The van der Waals surface area contributed by atoms with Gasteiger partial charge in [0.15, 0.2) is 0 Å². The number of carboxylic acid groups (broad SMARTS) is 1. The number of rotatable bonds is 7. The molecule has 2 N–H and O–H groups in total. The van der Waals surface area contributed by atoms with Crippen molar-refractivity contribution in [2.75, 3.05) is 6.61 Å². The van der Waals surface area contributed by atoms with Crippen molar-refractivity contribution in [3.63, 3.8) is 0 Å². The van der Waals surface area contributed by atoms with Crippen LogP contribution in [0.5, 0.6) is 0 Å². The molecule has 170 valence electrons. The molecule has 0 aliphatic heterocycles. The molecule has 0 unspecified atom stereocenters. The minimum absolute atomic E-state index is 0.00493. The lowest BCUT2D eigenvalue weighted by Gasteiger charge is -2.53. The van der Waals surface area contributed by atoms with Crippen LogP contribution in [0.3, 0.4) is 0 Å². The Balaban J connectivity index is 1.57. The fraction of sp³-hybridized carbons (Fsp3) is 0.462. The van der Waals surface area contributed by atoms with E-state index in [1.807, 2.05) is 12.1 Å². The number of carbonyl (C=O) groups is 2. The van der Waals surface area contributed by atoms with Gasteiger partial charge in [-0.15, -0.1) is 0 Å². The maximum absolute atomic E-state index is 12.6. The molecule has 0 saturated heterocycles. The maximum atomic E-state index is 12.6. The Bertz CT molecular complexity index is 963. The largest absolute Gasteiger partial charge is 0.478 e. The molecular weight excluding hydrogens is 408 g/mol. The van der Waals surface area contributed by atoms with Crippen LogP contribution in [0, 0.1) is 23.2 Å². The minimum Gasteiger partial charge on any atom is -0.478 e. The first-order chi connectivity index (χ1) is 15.4. The highest BCUT2D eigenvalue weighted by Crippen LogP contribution is 2.56. The van der Waals surface area contributed by atoms with E-state index in [0.29, 0.717) is 24.0 Å². The minimum atomic E-state index is -0.954. The summed E-state index contributed by atoms with van der Waals surface area (Å²) in [5, 5.41) is 20.2. The SMILES string of the molecule is C[C@]1(CCc2ccoc2)[C@H](COC(=O)c2ccccc2)CC[C@H]2C(C(=O)O)=C[C@H](O)C[C@@H]21. The average molecular weight is 439 g/mol. The second-order valence-electron chi connectivity index (χ2n) is 9.32. The van der Waals surface area contributed by atoms with E-state index in [-0.39, 0.29) is 35.7 Å². The van der Waals surface area contributed by atoms with E-state index in [4.69, 9.17) is 9.15 Å². The molecule has 32 heavy (non-hydrogen) atoms. The van der Waals surface area contributed by atoms with Gasteiger partial charge in [-0.1, -0.05) is 25.1 Å². The van der Waals surface area contributed by atoms with Gasteiger partial charge in [-0.25, -0.2) is 9.59 Å². The molecule has 1 saturated carbocycles. The highest BCUT2D eigenvalue weighted by Gasteiger charge is 2.51. The van der Waals surface area contributed by atoms with E-state index in [2.05, 4.69) is 6.92 Å². The van der Waals surface area contributed by atoms with Crippen LogP contribution in [0.2, 0.25) is 0 Å². The second-order valence-corrected chi connectivity index (χ2v) is 9.32. The van der Waals surface area contributed by atoms with Crippen LogP contribution in [-0.4, -0.2) is 34.9 Å². The number of aryl methyl sites for hydroxylation is 1. The van der Waals surface area contributed by atoms with Crippen LogP contribution in [0.4, 0.5) is 0 Å². The van der Waals surface area contributed by atoms with Gasteiger partial charge in [0.25, 0.3) is 0 Å². The van der Waals surface area contributed by atoms with E-state index in [1.54, 1.807) is 36.8 Å². The Labute approximate surface area is 187 Å². The molecule has 0 amide bonds. The third kappa shape index (κ3) is 4.51. The lowest BCUT2D eigenvalue weighted by atomic mass is 9.52. The predicted octanol–water partition coefficient (Wildman–Crippen LogP) is 4.49. The van der Waals surface area contributed by atoms with Gasteiger partial charge in [0.05, 0.1) is 30.8 Å². The Hall–Kier alpha value is -2.86. The maximum Gasteiger partial charge on any atom is 0.338 e. The lowest BCUT2D eigenvalue weighted by molar-refractivity contribution is -0.135. The number of esters is 1. The van der Waals surface area contributed by atoms with Crippen molar-refractivity contribution in [2.24, 2.45) is 23.2 Å². The van der Waals surface area contributed by atoms with E-state index in [9.17, 15) is 19.8 Å². The molecule has 6 heteroatoms. The fourth-order valence-corrected chi connectivity index (χ4v) is 5.71. The van der Waals surface area contributed by atoms with Crippen molar-refractivity contribution < 1.29 is 29.0 Å². The number of fused-ring (bicyclic) bond motifs is 1. The quantitative estimate of drug-likeness (QED) is 0.618. The van der Waals surface area contributed by atoms with Crippen molar-refractivity contribution in [1.82, 2.24) is 0 Å². The smallest absolute Gasteiger partial charge is 0.338 e. The summed E-state index contributed by atoms with van der Waals surface area (Å²) in [5.74, 6) is -1.34. The first kappa shape index (κ1) is 22.3. The molecule has 1 aromatic carbocycles. The highest BCUT2D eigenvalue weighted by atomic mass is 16.5. The van der Waals surface area contributed by atoms with Crippen LogP contribution in [0.1, 0.15) is 48.5 Å². The lowest BCUT2D eigenvalue weighted by Crippen LogP contribution is -2.49. The van der Waals surface area contributed by atoms with Gasteiger partial charge in [-0.05, 0) is 85.1 Å². The summed E-state index contributed by atoms with van der Waals surface area (Å²) in [7, 11) is 0. The number of furan rings is 1. The van der Waals surface area contributed by atoms with Gasteiger partial charge < -0.3 is 19.4 Å². The van der Waals surface area contributed by atoms with Crippen molar-refractivity contribution in [1.29, 1.82) is 0 Å². The van der Waals surface area contributed by atoms with Gasteiger partial charge in [0.1, 0.15) is 0 Å². The second kappa shape index (κ2) is 9.33. The molecule has 2 aromatic rings. The number of hydrogen-bond acceptors (Lipinski definition) is 5. The molecule has 0 spiro atoms. The number of carboxylic acids is 1. The van der Waals surface area contributed by atoms with Gasteiger partial charge in [-0.2, -0.15) is 0 Å². The van der Waals surface area contributed by atoms with E-state index >= 15 is 0 Å². The summed E-state index contributed by atoms with van der Waals surface area (Å²) < 4.78 is 10.9. The summed E-state index contributed by atoms with van der Waals surface area (Å²) in [5.41, 5.74) is 1.62. The van der Waals surface area contributed by atoms with Crippen LogP contribution < -0.4 is 0 Å². The van der Waals surface area contributed by atoms with Gasteiger partial charge in [0, 0.05) is 5.57 Å². The fourth-order valence-electron chi connectivity index (χ4n) is 5.71. The summed E-state index contributed by atoms with van der Waals surface area (Å²) in [6.45, 7) is 2.45. The third-order valence-electron chi connectivity index (χ3n) is 7.56. The monoisotopic (exact) mass is 438 g/mol. The molecule has 0 radical (unpaired) electrons. The molecule has 1 heterocycles. The molecule has 4 rings (SSSR count). The standard InChI is InChI=1S/C26H30O6/c1-26(11-9-17-10-12-31-15-17)19(16-32-25(30)18-5-3-2-4-6-18)7-8-21-22(24(28)29)13-20(27)14-23(21)26/h2-6,10,12-13,15,19-21,23,27H,7-9,11,14,16H2,1H3,(H,28,29)/t19-,20-,21-,23-,26-/m0/s1. The number of benzene rings is 1. The number of aliphatic hydroxyl groups is 1. The molecule has 0 bridgehead atoms. The van der Waals surface area contributed by atoms with E-state index < -0.39 is 12.1 Å². The Morgan fingerprint density at radius 3 is 2.66 bits per heavy atom. The number of aliphatic carboxylic acids is 1. The molecule has 1 aromatic heterocycles. The summed E-state index contributed by atoms with van der Waals surface area (Å²) in [6.07, 6.45) is 7.69. The van der Waals surface area contributed by atoms with Crippen molar-refractivity contribution >= 4 is 11.9 Å². The van der Waals surface area contributed by atoms with Crippen molar-refractivity contribution in [2.45, 2.75) is 45.1 Å². The first-order valence-electron chi connectivity index (χ1n) is 11.2. The zero-order valence-electron chi connectivity index (χ0n) is 18.3. The van der Waals surface area contributed by atoms with Crippen LogP contribution in [0.25, 0.3) is 0 Å². The summed E-state index contributed by atoms with van der Waals surface area (Å²) in [4.78, 5) is 24.5. The Kier molecular flexibility index (Phi) is 6.51. The van der Waals surface area contributed by atoms with Crippen molar-refractivity contribution in [3.8, 4) is 0 Å². The topological polar surface area (TPSA) is 97.0 Å². The van der Waals surface area contributed by atoms with Crippen LogP contribution in [-0.2, 0) is 16.0 Å². The average Bonchev–Trinajstić information content (AvgIpc) is 3.31. The Morgan fingerprint density at radius 1 is 1.19 bits per heavy atom. The molecule has 1 fully saturated rings. The summed E-state index contributed by atoms with van der Waals surface area (Å²) >= 11 is 0. The molecule has 6 nitrogen and oxygen atoms in total. The normalized spacial score (nSPS) is 29.6. The van der Waals surface area contributed by atoms with Gasteiger partial charge in [0.2, 0.25) is 0 Å². The molecule has 5 atom stereocenters. The Morgan fingerprint density at radius 2 is 1.97 bits per heavy atom. The van der Waals surface area contributed by atoms with Crippen LogP contribution in [0.15, 0.2) is 65.0 Å². The van der Waals surface area contributed by atoms with Gasteiger partial charge in [-0.3, -0.25) is 0 Å². The van der Waals surface area contributed by atoms with Gasteiger partial charge >= 0.3 is 11.9 Å². The van der Waals surface area contributed by atoms with Crippen LogP contribution >= 0.6 is 0 Å². The van der Waals surface area contributed by atoms with E-state index in [1.165, 1.54) is 6.08 Å². The van der Waals surface area contributed by atoms with Crippen molar-refractivity contribution in [3.05, 3.63) is 71.7 Å². The zero-order chi connectivity index (χ0) is 22.7. The molecule has 2 aliphatic rings. The molecular formula is C26H30O6. The number of hydrogen-bond donors (Lipinski definition) is 2. The predicted molar refractivity (Wildman–Crippen MR) is 118 cm³/mol. The van der Waals surface area contributed by atoms with E-state index in [0.717, 1.165) is 24.8 Å². The highest BCUT2D eigenvalue weighted by molar-refractivity contribution is 5.89. The number of aliphatic hydroxyl groups excluding tert-OH is 1. The molecule has 2 aliphatic carbocycles. The number of ether oxygens (including phenoxy) is 1. The third-order valence-corrected chi connectivity index (χ3v) is 7.56. The first-order valence-corrected chi connectivity index (χ1v) is 11.2.